The molecule has 20 heavy (non-hydrogen) atoms. The Morgan fingerprint density at radius 3 is 2.55 bits per heavy atom. The summed E-state index contributed by atoms with van der Waals surface area (Å²) in [6.45, 7) is 12.8. The second-order valence-electron chi connectivity index (χ2n) is 7.40. The van der Waals surface area contributed by atoms with E-state index in [2.05, 4.69) is 30.6 Å². The largest absolute Gasteiger partial charge is 0.329 e. The van der Waals surface area contributed by atoms with Crippen molar-refractivity contribution in [1.82, 2.24) is 9.80 Å². The van der Waals surface area contributed by atoms with Crippen LogP contribution in [0.4, 0.5) is 0 Å². The minimum atomic E-state index is 0.286. The molecule has 1 heterocycles. The van der Waals surface area contributed by atoms with Gasteiger partial charge in [-0.05, 0) is 64.1 Å². The zero-order valence-electron chi connectivity index (χ0n) is 13.9. The highest BCUT2D eigenvalue weighted by Gasteiger charge is 2.44. The molecule has 1 aliphatic carbocycles. The van der Waals surface area contributed by atoms with E-state index in [1.165, 1.54) is 64.7 Å². The van der Waals surface area contributed by atoms with E-state index in [0.717, 1.165) is 18.5 Å². The fraction of sp³-hybridized carbons (Fsp3) is 1.00. The molecule has 2 aliphatic rings. The van der Waals surface area contributed by atoms with Crippen LogP contribution in [0.2, 0.25) is 0 Å². The molecule has 118 valence electrons. The highest BCUT2D eigenvalue weighted by Crippen LogP contribution is 2.38. The third kappa shape index (κ3) is 3.96. The average Bonchev–Trinajstić information content (AvgIpc) is 3.24. The van der Waals surface area contributed by atoms with Gasteiger partial charge in [0.25, 0.3) is 0 Å². The van der Waals surface area contributed by atoms with Crippen LogP contribution in [0.15, 0.2) is 0 Å². The van der Waals surface area contributed by atoms with Crippen LogP contribution >= 0.6 is 0 Å². The molecule has 0 aromatic heterocycles. The van der Waals surface area contributed by atoms with E-state index in [1.807, 2.05) is 0 Å². The average molecular weight is 281 g/mol. The lowest BCUT2D eigenvalue weighted by molar-refractivity contribution is 0.0575. The first-order valence-corrected chi connectivity index (χ1v) is 8.80. The van der Waals surface area contributed by atoms with Gasteiger partial charge in [-0.25, -0.2) is 0 Å². The number of likely N-dealkylation sites (tertiary alicyclic amines) is 1. The Labute approximate surface area is 125 Å². The summed E-state index contributed by atoms with van der Waals surface area (Å²) in [5.41, 5.74) is 6.59. The molecule has 1 saturated carbocycles. The number of rotatable bonds is 7. The predicted octanol–water partition coefficient (Wildman–Crippen LogP) is 2.70. The van der Waals surface area contributed by atoms with Crippen molar-refractivity contribution in [3.8, 4) is 0 Å². The van der Waals surface area contributed by atoms with E-state index in [-0.39, 0.29) is 5.54 Å². The molecule has 0 bridgehead atoms. The summed E-state index contributed by atoms with van der Waals surface area (Å²) >= 11 is 0. The quantitative estimate of drug-likeness (QED) is 0.779. The van der Waals surface area contributed by atoms with Gasteiger partial charge < -0.3 is 10.6 Å². The number of nitrogens with two attached hydrogens (primary N) is 1. The third-order valence-electron chi connectivity index (χ3n) is 5.09. The van der Waals surface area contributed by atoms with Gasteiger partial charge in [0, 0.05) is 24.7 Å². The molecule has 0 radical (unpaired) electrons. The summed E-state index contributed by atoms with van der Waals surface area (Å²) in [6, 6.07) is 0.832. The topological polar surface area (TPSA) is 32.5 Å². The van der Waals surface area contributed by atoms with E-state index < -0.39 is 0 Å². The molecular weight excluding hydrogens is 246 g/mol. The maximum absolute atomic E-state index is 6.31. The second kappa shape index (κ2) is 7.24. The number of hydrogen-bond acceptors (Lipinski definition) is 3. The van der Waals surface area contributed by atoms with Gasteiger partial charge in [0.2, 0.25) is 0 Å². The highest BCUT2D eigenvalue weighted by molar-refractivity contribution is 5.01. The second-order valence-corrected chi connectivity index (χ2v) is 7.40. The van der Waals surface area contributed by atoms with Gasteiger partial charge in [-0.2, -0.15) is 0 Å². The van der Waals surface area contributed by atoms with E-state index in [1.54, 1.807) is 0 Å². The lowest BCUT2D eigenvalue weighted by Crippen LogP contribution is -2.56. The number of nitrogens with zero attached hydrogens (tertiary/aromatic N) is 2. The SMILES string of the molecule is CCCN1CCCC(CN)(N(CC(C)C)C2CC2)CC1. The normalized spacial score (nSPS) is 29.1. The molecule has 1 saturated heterocycles. The first-order valence-electron chi connectivity index (χ1n) is 8.80. The summed E-state index contributed by atoms with van der Waals surface area (Å²) in [7, 11) is 0. The minimum Gasteiger partial charge on any atom is -0.329 e. The highest BCUT2D eigenvalue weighted by atomic mass is 15.3. The Morgan fingerprint density at radius 1 is 1.25 bits per heavy atom. The summed E-state index contributed by atoms with van der Waals surface area (Å²) in [4.78, 5) is 5.46. The Balaban J connectivity index is 2.06. The van der Waals surface area contributed by atoms with Gasteiger partial charge in [0.15, 0.2) is 0 Å². The monoisotopic (exact) mass is 281 g/mol. The zero-order valence-corrected chi connectivity index (χ0v) is 13.9. The molecule has 1 aliphatic heterocycles. The van der Waals surface area contributed by atoms with Gasteiger partial charge in [-0.15, -0.1) is 0 Å². The van der Waals surface area contributed by atoms with Crippen molar-refractivity contribution < 1.29 is 0 Å². The van der Waals surface area contributed by atoms with Crippen molar-refractivity contribution in [2.24, 2.45) is 11.7 Å². The van der Waals surface area contributed by atoms with E-state index in [0.29, 0.717) is 0 Å². The van der Waals surface area contributed by atoms with E-state index >= 15 is 0 Å². The van der Waals surface area contributed by atoms with Crippen molar-refractivity contribution in [3.05, 3.63) is 0 Å². The van der Waals surface area contributed by atoms with Gasteiger partial charge in [0.05, 0.1) is 0 Å². The molecule has 3 heteroatoms. The molecule has 1 atom stereocenters. The summed E-state index contributed by atoms with van der Waals surface area (Å²) in [5, 5.41) is 0. The molecule has 0 aromatic carbocycles. The maximum Gasteiger partial charge on any atom is 0.0347 e. The van der Waals surface area contributed by atoms with Crippen LogP contribution in [0.3, 0.4) is 0 Å². The molecule has 0 spiro atoms. The standard InChI is InChI=1S/C17H35N3/c1-4-10-19-11-5-8-17(14-18,9-12-19)20(13-15(2)3)16-6-7-16/h15-16H,4-14,18H2,1-3H3. The predicted molar refractivity (Wildman–Crippen MR) is 86.9 cm³/mol. The summed E-state index contributed by atoms with van der Waals surface area (Å²) < 4.78 is 0. The maximum atomic E-state index is 6.31. The molecule has 2 fully saturated rings. The van der Waals surface area contributed by atoms with Crippen LogP contribution in [-0.2, 0) is 0 Å². The zero-order chi connectivity index (χ0) is 14.6. The van der Waals surface area contributed by atoms with Crippen LogP contribution in [0.5, 0.6) is 0 Å². The fourth-order valence-corrected chi connectivity index (χ4v) is 3.89. The smallest absolute Gasteiger partial charge is 0.0347 e. The van der Waals surface area contributed by atoms with Gasteiger partial charge in [-0.3, -0.25) is 4.90 Å². The van der Waals surface area contributed by atoms with Gasteiger partial charge in [-0.1, -0.05) is 20.8 Å². The first kappa shape index (κ1) is 16.3. The van der Waals surface area contributed by atoms with Crippen LogP contribution in [0.25, 0.3) is 0 Å². The Kier molecular flexibility index (Phi) is 5.88. The molecule has 1 unspecified atom stereocenters. The lowest BCUT2D eigenvalue weighted by atomic mass is 9.87. The van der Waals surface area contributed by atoms with Crippen LogP contribution in [0.1, 0.15) is 59.3 Å². The van der Waals surface area contributed by atoms with Crippen molar-refractivity contribution in [2.45, 2.75) is 70.9 Å². The molecular formula is C17H35N3. The van der Waals surface area contributed by atoms with Gasteiger partial charge in [0.1, 0.15) is 0 Å². The molecule has 2 N–H and O–H groups in total. The van der Waals surface area contributed by atoms with Crippen LogP contribution < -0.4 is 5.73 Å². The molecule has 3 nitrogen and oxygen atoms in total. The lowest BCUT2D eigenvalue weighted by Gasteiger charge is -2.44. The van der Waals surface area contributed by atoms with E-state index in [9.17, 15) is 0 Å². The molecule has 0 amide bonds. The van der Waals surface area contributed by atoms with Crippen molar-refractivity contribution >= 4 is 0 Å². The van der Waals surface area contributed by atoms with Crippen molar-refractivity contribution in [1.29, 1.82) is 0 Å². The van der Waals surface area contributed by atoms with Crippen LogP contribution in [-0.4, -0.2) is 54.1 Å². The van der Waals surface area contributed by atoms with Gasteiger partial charge >= 0.3 is 0 Å². The Hall–Kier alpha value is -0.120. The van der Waals surface area contributed by atoms with Crippen LogP contribution in [0, 0.1) is 5.92 Å². The van der Waals surface area contributed by atoms with E-state index in [4.69, 9.17) is 5.73 Å². The Bertz CT molecular complexity index is 288. The molecule has 2 rings (SSSR count). The summed E-state index contributed by atoms with van der Waals surface area (Å²) in [6.07, 6.45) is 7.95. The fourth-order valence-electron chi connectivity index (χ4n) is 3.89. The summed E-state index contributed by atoms with van der Waals surface area (Å²) in [5.74, 6) is 0.744. The first-order chi connectivity index (χ1) is 9.61. The third-order valence-corrected chi connectivity index (χ3v) is 5.09. The van der Waals surface area contributed by atoms with Crippen molar-refractivity contribution in [3.63, 3.8) is 0 Å². The molecule has 0 aromatic rings. The van der Waals surface area contributed by atoms with Crippen molar-refractivity contribution in [2.75, 3.05) is 32.7 Å². The Morgan fingerprint density at radius 2 is 2.00 bits per heavy atom. The minimum absolute atomic E-state index is 0.286. The number of hydrogen-bond donors (Lipinski definition) is 1.